The second-order valence-electron chi connectivity index (χ2n) is 5.51. The number of hydrogen-bond donors (Lipinski definition) is 1. The van der Waals surface area contributed by atoms with Crippen LogP contribution in [0.1, 0.15) is 39.2 Å². The monoisotopic (exact) mass is 279 g/mol. The predicted octanol–water partition coefficient (Wildman–Crippen LogP) is 3.34. The van der Waals surface area contributed by atoms with Crippen LogP contribution in [0.15, 0.2) is 18.2 Å². The average molecular weight is 279 g/mol. The largest absolute Gasteiger partial charge is 0.495 e. The van der Waals surface area contributed by atoms with Gasteiger partial charge in [-0.15, -0.1) is 0 Å². The first-order valence-corrected chi connectivity index (χ1v) is 6.40. The van der Waals surface area contributed by atoms with Crippen molar-refractivity contribution in [1.82, 2.24) is 0 Å². The van der Waals surface area contributed by atoms with Crippen LogP contribution in [0.2, 0.25) is 0 Å². The van der Waals surface area contributed by atoms with E-state index >= 15 is 0 Å². The van der Waals surface area contributed by atoms with Crippen LogP contribution in [-0.4, -0.2) is 25.1 Å². The molecule has 5 nitrogen and oxygen atoms in total. The quantitative estimate of drug-likeness (QED) is 0.858. The predicted molar refractivity (Wildman–Crippen MR) is 77.3 cm³/mol. The van der Waals surface area contributed by atoms with Gasteiger partial charge in [-0.25, -0.2) is 4.79 Å². The molecule has 0 aliphatic rings. The molecule has 1 aromatic rings. The highest BCUT2D eigenvalue weighted by atomic mass is 16.6. The van der Waals surface area contributed by atoms with E-state index in [9.17, 15) is 9.59 Å². The smallest absolute Gasteiger partial charge is 0.412 e. The first-order chi connectivity index (χ1) is 9.26. The van der Waals surface area contributed by atoms with Crippen LogP contribution in [0.5, 0.6) is 5.75 Å². The summed E-state index contributed by atoms with van der Waals surface area (Å²) >= 11 is 0. The third kappa shape index (κ3) is 4.57. The molecule has 0 saturated heterocycles. The van der Waals surface area contributed by atoms with Crippen molar-refractivity contribution in [1.29, 1.82) is 0 Å². The van der Waals surface area contributed by atoms with Gasteiger partial charge in [-0.1, -0.05) is 13.0 Å². The molecule has 1 N–H and O–H groups in total. The lowest BCUT2D eigenvalue weighted by Gasteiger charge is -2.20. The summed E-state index contributed by atoms with van der Waals surface area (Å²) < 4.78 is 10.4. The van der Waals surface area contributed by atoms with Gasteiger partial charge in [-0.3, -0.25) is 5.32 Å². The number of anilines is 1. The van der Waals surface area contributed by atoms with Crippen molar-refractivity contribution in [3.8, 4) is 5.75 Å². The number of carbonyl (C=O) groups excluding carboxylic acids is 2. The lowest BCUT2D eigenvalue weighted by molar-refractivity contribution is -0.108. The summed E-state index contributed by atoms with van der Waals surface area (Å²) in [7, 11) is 1.50. The van der Waals surface area contributed by atoms with Crippen LogP contribution in [0.4, 0.5) is 10.5 Å². The molecule has 0 radical (unpaired) electrons. The second-order valence-corrected chi connectivity index (χ2v) is 5.51. The molecular weight excluding hydrogens is 258 g/mol. The highest BCUT2D eigenvalue weighted by molar-refractivity contribution is 5.87. The molecule has 0 aromatic heterocycles. The zero-order chi connectivity index (χ0) is 15.3. The van der Waals surface area contributed by atoms with Crippen LogP contribution >= 0.6 is 0 Å². The second kappa shape index (κ2) is 6.41. The van der Waals surface area contributed by atoms with Gasteiger partial charge in [-0.05, 0) is 38.5 Å². The lowest BCUT2D eigenvalue weighted by Crippen LogP contribution is -2.27. The minimum atomic E-state index is -0.566. The van der Waals surface area contributed by atoms with Gasteiger partial charge in [0.05, 0.1) is 12.8 Å². The summed E-state index contributed by atoms with van der Waals surface area (Å²) in [6.07, 6.45) is 0.308. The van der Waals surface area contributed by atoms with E-state index in [1.54, 1.807) is 45.9 Å². The highest BCUT2D eigenvalue weighted by Crippen LogP contribution is 2.28. The van der Waals surface area contributed by atoms with Crippen LogP contribution in [0, 0.1) is 0 Å². The maximum atomic E-state index is 11.7. The van der Waals surface area contributed by atoms with Crippen molar-refractivity contribution in [2.24, 2.45) is 0 Å². The van der Waals surface area contributed by atoms with Gasteiger partial charge in [0, 0.05) is 5.92 Å². The van der Waals surface area contributed by atoms with Gasteiger partial charge in [0.25, 0.3) is 0 Å². The van der Waals surface area contributed by atoms with Gasteiger partial charge in [0.1, 0.15) is 17.6 Å². The Morgan fingerprint density at radius 2 is 2.00 bits per heavy atom. The molecule has 1 aromatic carbocycles. The lowest BCUT2D eigenvalue weighted by atomic mass is 10.0. The van der Waals surface area contributed by atoms with E-state index in [0.29, 0.717) is 11.4 Å². The number of benzene rings is 1. The van der Waals surface area contributed by atoms with E-state index in [0.717, 1.165) is 11.8 Å². The topological polar surface area (TPSA) is 64.6 Å². The number of aldehydes is 1. The third-order valence-corrected chi connectivity index (χ3v) is 2.59. The maximum Gasteiger partial charge on any atom is 0.412 e. The fourth-order valence-electron chi connectivity index (χ4n) is 1.59. The van der Waals surface area contributed by atoms with Crippen molar-refractivity contribution in [3.63, 3.8) is 0 Å². The first kappa shape index (κ1) is 16.0. The Labute approximate surface area is 119 Å². The standard InChI is InChI=1S/C15H21NO4/c1-10(9-17)11-6-7-12(13(8-11)19-5)16-14(18)20-15(2,3)4/h6-10H,1-5H3,(H,16,18). The molecule has 1 amide bonds. The summed E-state index contributed by atoms with van der Waals surface area (Å²) in [5.74, 6) is 0.265. The summed E-state index contributed by atoms with van der Waals surface area (Å²) in [4.78, 5) is 22.5. The molecule has 20 heavy (non-hydrogen) atoms. The van der Waals surface area contributed by atoms with Crippen molar-refractivity contribution in [3.05, 3.63) is 23.8 Å². The van der Waals surface area contributed by atoms with Crippen LogP contribution in [0.3, 0.4) is 0 Å². The summed E-state index contributed by atoms with van der Waals surface area (Å²) in [6.45, 7) is 7.17. The molecule has 1 unspecified atom stereocenters. The zero-order valence-corrected chi connectivity index (χ0v) is 12.5. The number of carbonyl (C=O) groups is 2. The minimum Gasteiger partial charge on any atom is -0.495 e. The number of amides is 1. The van der Waals surface area contributed by atoms with E-state index in [-0.39, 0.29) is 5.92 Å². The molecule has 0 bridgehead atoms. The van der Waals surface area contributed by atoms with Crippen molar-refractivity contribution in [2.45, 2.75) is 39.2 Å². The van der Waals surface area contributed by atoms with E-state index in [1.807, 2.05) is 0 Å². The minimum absolute atomic E-state index is 0.223. The van der Waals surface area contributed by atoms with Crippen LogP contribution < -0.4 is 10.1 Å². The Morgan fingerprint density at radius 1 is 1.35 bits per heavy atom. The van der Waals surface area contributed by atoms with Crippen molar-refractivity contribution < 1.29 is 19.1 Å². The van der Waals surface area contributed by atoms with Gasteiger partial charge in [0.2, 0.25) is 0 Å². The molecule has 0 aliphatic heterocycles. The number of rotatable bonds is 4. The summed E-state index contributed by atoms with van der Waals surface area (Å²) in [5.41, 5.74) is 0.763. The fraction of sp³-hybridized carbons (Fsp3) is 0.467. The van der Waals surface area contributed by atoms with Crippen molar-refractivity contribution in [2.75, 3.05) is 12.4 Å². The molecule has 1 rings (SSSR count). The third-order valence-electron chi connectivity index (χ3n) is 2.59. The molecule has 0 spiro atoms. The average Bonchev–Trinajstić information content (AvgIpc) is 2.36. The van der Waals surface area contributed by atoms with E-state index in [4.69, 9.17) is 9.47 Å². The Balaban J connectivity index is 2.91. The molecule has 0 aliphatic carbocycles. The maximum absolute atomic E-state index is 11.7. The van der Waals surface area contributed by atoms with E-state index in [2.05, 4.69) is 5.32 Å². The van der Waals surface area contributed by atoms with Crippen LogP contribution in [-0.2, 0) is 9.53 Å². The molecule has 0 saturated carbocycles. The normalized spacial score (nSPS) is 12.4. The number of methoxy groups -OCH3 is 1. The van der Waals surface area contributed by atoms with E-state index < -0.39 is 11.7 Å². The number of nitrogens with one attached hydrogen (secondary N) is 1. The van der Waals surface area contributed by atoms with Gasteiger partial charge >= 0.3 is 6.09 Å². The number of ether oxygens (including phenoxy) is 2. The van der Waals surface area contributed by atoms with Gasteiger partial charge < -0.3 is 14.3 Å². The SMILES string of the molecule is COc1cc(C(C)C=O)ccc1NC(=O)OC(C)(C)C. The van der Waals surface area contributed by atoms with E-state index in [1.165, 1.54) is 7.11 Å². The van der Waals surface area contributed by atoms with Gasteiger partial charge in [0.15, 0.2) is 0 Å². The first-order valence-electron chi connectivity index (χ1n) is 6.40. The molecule has 110 valence electrons. The molecule has 5 heteroatoms. The Kier molecular flexibility index (Phi) is 5.13. The molecular formula is C15H21NO4. The van der Waals surface area contributed by atoms with Gasteiger partial charge in [-0.2, -0.15) is 0 Å². The summed E-state index contributed by atoms with van der Waals surface area (Å²) in [6, 6.07) is 5.19. The molecule has 0 fully saturated rings. The molecule has 1 atom stereocenters. The Morgan fingerprint density at radius 3 is 2.50 bits per heavy atom. The Hall–Kier alpha value is -2.04. The molecule has 0 heterocycles. The number of hydrogen-bond acceptors (Lipinski definition) is 4. The zero-order valence-electron chi connectivity index (χ0n) is 12.5. The summed E-state index contributed by atoms with van der Waals surface area (Å²) in [5, 5.41) is 2.63. The van der Waals surface area contributed by atoms with Crippen molar-refractivity contribution >= 4 is 18.1 Å². The fourth-order valence-corrected chi connectivity index (χ4v) is 1.59. The van der Waals surface area contributed by atoms with Crippen LogP contribution in [0.25, 0.3) is 0 Å². The Bertz CT molecular complexity index is 491. The highest BCUT2D eigenvalue weighted by Gasteiger charge is 2.18.